The van der Waals surface area contributed by atoms with Gasteiger partial charge < -0.3 is 10.0 Å². The summed E-state index contributed by atoms with van der Waals surface area (Å²) in [6, 6.07) is 7.40. The summed E-state index contributed by atoms with van der Waals surface area (Å²) in [6.45, 7) is 1.33. The molecule has 4 heteroatoms. The van der Waals surface area contributed by atoms with Crippen LogP contribution in [0.3, 0.4) is 0 Å². The molecule has 0 aromatic heterocycles. The second-order valence-corrected chi connectivity index (χ2v) is 4.64. The van der Waals surface area contributed by atoms with Crippen LogP contribution < -0.4 is 0 Å². The van der Waals surface area contributed by atoms with E-state index in [0.29, 0.717) is 17.1 Å². The standard InChI is InChI=1S/C13H14ClNO2/c1-15-7-6-9(11(8-15)13(16)17)10-4-2-3-5-12(10)14/h2-5H,6-8H2,1H3,(H,16,17). The molecule has 90 valence electrons. The summed E-state index contributed by atoms with van der Waals surface area (Å²) in [5, 5.41) is 9.87. The number of halogens is 1. The molecule has 0 spiro atoms. The molecule has 1 aromatic carbocycles. The Balaban J connectivity index is 2.51. The van der Waals surface area contributed by atoms with Gasteiger partial charge >= 0.3 is 5.97 Å². The van der Waals surface area contributed by atoms with E-state index in [1.54, 1.807) is 6.07 Å². The molecule has 0 amide bonds. The quantitative estimate of drug-likeness (QED) is 0.878. The highest BCUT2D eigenvalue weighted by Gasteiger charge is 2.23. The van der Waals surface area contributed by atoms with Gasteiger partial charge in [-0.25, -0.2) is 4.79 Å². The average Bonchev–Trinajstić information content (AvgIpc) is 2.30. The molecule has 0 radical (unpaired) electrons. The van der Waals surface area contributed by atoms with Crippen LogP contribution in [0.15, 0.2) is 29.8 Å². The van der Waals surface area contributed by atoms with Gasteiger partial charge in [-0.1, -0.05) is 29.8 Å². The first-order chi connectivity index (χ1) is 8.09. The molecule has 1 aromatic rings. The molecule has 0 aliphatic carbocycles. The number of likely N-dealkylation sites (N-methyl/N-ethyl adjacent to an activating group) is 1. The highest BCUT2D eigenvalue weighted by atomic mass is 35.5. The summed E-state index contributed by atoms with van der Waals surface area (Å²) in [5.74, 6) is -0.855. The summed E-state index contributed by atoms with van der Waals surface area (Å²) < 4.78 is 0. The van der Waals surface area contributed by atoms with Gasteiger partial charge in [0.05, 0.1) is 5.57 Å². The number of carbonyl (C=O) groups is 1. The molecule has 0 bridgehead atoms. The van der Waals surface area contributed by atoms with Crippen LogP contribution in [-0.2, 0) is 4.79 Å². The van der Waals surface area contributed by atoms with Gasteiger partial charge in [0, 0.05) is 18.1 Å². The number of carboxylic acids is 1. The molecule has 0 fully saturated rings. The number of benzene rings is 1. The van der Waals surface area contributed by atoms with Crippen LogP contribution in [0.2, 0.25) is 5.02 Å². The first-order valence-corrected chi connectivity index (χ1v) is 5.86. The van der Waals surface area contributed by atoms with Crippen molar-refractivity contribution in [3.05, 3.63) is 40.4 Å². The molecule has 1 aliphatic rings. The Morgan fingerprint density at radius 3 is 2.76 bits per heavy atom. The zero-order valence-electron chi connectivity index (χ0n) is 9.61. The van der Waals surface area contributed by atoms with Crippen LogP contribution >= 0.6 is 11.6 Å². The Morgan fingerprint density at radius 2 is 2.12 bits per heavy atom. The number of rotatable bonds is 2. The fraction of sp³-hybridized carbons (Fsp3) is 0.308. The predicted molar refractivity (Wildman–Crippen MR) is 68.1 cm³/mol. The van der Waals surface area contributed by atoms with Crippen LogP contribution in [0, 0.1) is 0 Å². The highest BCUT2D eigenvalue weighted by Crippen LogP contribution is 2.31. The van der Waals surface area contributed by atoms with E-state index in [2.05, 4.69) is 0 Å². The lowest BCUT2D eigenvalue weighted by Crippen LogP contribution is -2.30. The van der Waals surface area contributed by atoms with Gasteiger partial charge in [-0.05, 0) is 30.7 Å². The van der Waals surface area contributed by atoms with E-state index in [1.807, 2.05) is 30.1 Å². The molecule has 0 saturated carbocycles. The summed E-state index contributed by atoms with van der Waals surface area (Å²) in [7, 11) is 1.92. The van der Waals surface area contributed by atoms with Crippen molar-refractivity contribution in [2.24, 2.45) is 0 Å². The second-order valence-electron chi connectivity index (χ2n) is 4.23. The Labute approximate surface area is 105 Å². The molecule has 0 unspecified atom stereocenters. The maximum Gasteiger partial charge on any atom is 0.333 e. The van der Waals surface area contributed by atoms with E-state index in [-0.39, 0.29) is 0 Å². The van der Waals surface area contributed by atoms with Crippen molar-refractivity contribution in [1.82, 2.24) is 4.90 Å². The van der Waals surface area contributed by atoms with E-state index in [4.69, 9.17) is 11.6 Å². The molecule has 0 saturated heterocycles. The molecular formula is C13H14ClNO2. The largest absolute Gasteiger partial charge is 0.478 e. The van der Waals surface area contributed by atoms with Crippen LogP contribution in [0.25, 0.3) is 5.57 Å². The van der Waals surface area contributed by atoms with Crippen molar-refractivity contribution in [3.63, 3.8) is 0 Å². The number of hydrogen-bond donors (Lipinski definition) is 1. The Bertz CT molecular complexity index is 482. The van der Waals surface area contributed by atoms with Gasteiger partial charge in [-0.2, -0.15) is 0 Å². The van der Waals surface area contributed by atoms with E-state index in [9.17, 15) is 9.90 Å². The number of aliphatic carboxylic acids is 1. The molecule has 3 nitrogen and oxygen atoms in total. The number of hydrogen-bond acceptors (Lipinski definition) is 2. The maximum absolute atomic E-state index is 11.3. The Kier molecular flexibility index (Phi) is 3.50. The SMILES string of the molecule is CN1CCC(c2ccccc2Cl)=C(C(=O)O)C1. The van der Waals surface area contributed by atoms with Crippen LogP contribution in [0.4, 0.5) is 0 Å². The molecule has 17 heavy (non-hydrogen) atoms. The zero-order valence-corrected chi connectivity index (χ0v) is 10.4. The van der Waals surface area contributed by atoms with Gasteiger partial charge in [-0.3, -0.25) is 0 Å². The van der Waals surface area contributed by atoms with Crippen molar-refractivity contribution >= 4 is 23.1 Å². The van der Waals surface area contributed by atoms with Crippen molar-refractivity contribution in [2.45, 2.75) is 6.42 Å². The third-order valence-corrected chi connectivity index (χ3v) is 3.32. The lowest BCUT2D eigenvalue weighted by molar-refractivity contribution is -0.132. The molecule has 1 N–H and O–H groups in total. The van der Waals surface area contributed by atoms with Crippen molar-refractivity contribution in [1.29, 1.82) is 0 Å². The minimum Gasteiger partial charge on any atom is -0.478 e. The summed E-state index contributed by atoms with van der Waals surface area (Å²) in [6.07, 6.45) is 0.724. The van der Waals surface area contributed by atoms with Crippen molar-refractivity contribution in [3.8, 4) is 0 Å². The lowest BCUT2D eigenvalue weighted by atomic mass is 9.93. The minimum absolute atomic E-state index is 0.451. The topological polar surface area (TPSA) is 40.5 Å². The normalized spacial score (nSPS) is 17.3. The monoisotopic (exact) mass is 251 g/mol. The van der Waals surface area contributed by atoms with E-state index in [1.165, 1.54) is 0 Å². The van der Waals surface area contributed by atoms with E-state index >= 15 is 0 Å². The smallest absolute Gasteiger partial charge is 0.333 e. The Morgan fingerprint density at radius 1 is 1.41 bits per heavy atom. The summed E-state index contributed by atoms with van der Waals surface area (Å²) in [5.41, 5.74) is 2.16. The molecule has 1 aliphatic heterocycles. The Hall–Kier alpha value is -1.32. The van der Waals surface area contributed by atoms with Gasteiger partial charge in [0.1, 0.15) is 0 Å². The summed E-state index contributed by atoms with van der Waals surface area (Å²) >= 11 is 6.12. The first-order valence-electron chi connectivity index (χ1n) is 5.48. The van der Waals surface area contributed by atoms with Crippen molar-refractivity contribution in [2.75, 3.05) is 20.1 Å². The molecule has 2 rings (SSSR count). The minimum atomic E-state index is -0.855. The first kappa shape index (κ1) is 12.1. The van der Waals surface area contributed by atoms with Crippen LogP contribution in [0.1, 0.15) is 12.0 Å². The molecule has 1 heterocycles. The highest BCUT2D eigenvalue weighted by molar-refractivity contribution is 6.32. The molecular weight excluding hydrogens is 238 g/mol. The third kappa shape index (κ3) is 2.51. The number of nitrogens with zero attached hydrogens (tertiary/aromatic N) is 1. The maximum atomic E-state index is 11.3. The predicted octanol–water partition coefficient (Wildman–Crippen LogP) is 2.51. The van der Waals surface area contributed by atoms with E-state index < -0.39 is 5.97 Å². The fourth-order valence-electron chi connectivity index (χ4n) is 2.10. The lowest BCUT2D eigenvalue weighted by Gasteiger charge is -2.26. The second kappa shape index (κ2) is 4.90. The third-order valence-electron chi connectivity index (χ3n) is 2.99. The van der Waals surface area contributed by atoms with E-state index in [0.717, 1.165) is 24.1 Å². The average molecular weight is 252 g/mol. The zero-order chi connectivity index (χ0) is 12.4. The molecule has 0 atom stereocenters. The van der Waals surface area contributed by atoms with Crippen molar-refractivity contribution < 1.29 is 9.90 Å². The van der Waals surface area contributed by atoms with Crippen LogP contribution in [-0.4, -0.2) is 36.1 Å². The van der Waals surface area contributed by atoms with Gasteiger partial charge in [-0.15, -0.1) is 0 Å². The van der Waals surface area contributed by atoms with Gasteiger partial charge in [0.2, 0.25) is 0 Å². The summed E-state index contributed by atoms with van der Waals surface area (Å²) in [4.78, 5) is 13.3. The van der Waals surface area contributed by atoms with Crippen LogP contribution in [0.5, 0.6) is 0 Å². The van der Waals surface area contributed by atoms with Gasteiger partial charge in [0.25, 0.3) is 0 Å². The fourth-order valence-corrected chi connectivity index (χ4v) is 2.35. The van der Waals surface area contributed by atoms with Gasteiger partial charge in [0.15, 0.2) is 0 Å². The number of carboxylic acid groups (broad SMARTS) is 1.